The van der Waals surface area contributed by atoms with Crippen molar-refractivity contribution < 1.29 is 23.8 Å². The lowest BCUT2D eigenvalue weighted by Crippen LogP contribution is -2.36. The van der Waals surface area contributed by atoms with E-state index in [0.717, 1.165) is 26.8 Å². The zero-order valence-electron chi connectivity index (χ0n) is 20.4. The molecule has 0 bridgehead atoms. The van der Waals surface area contributed by atoms with E-state index in [0.29, 0.717) is 54.7 Å². The number of nitrogens with one attached hydrogen (secondary N) is 2. The number of methoxy groups -OCH3 is 2. The minimum absolute atomic E-state index is 0.269. The number of carbonyl (C=O) groups is 2. The first-order valence-electron chi connectivity index (χ1n) is 11.5. The monoisotopic (exact) mass is 529 g/mol. The molecule has 0 fully saturated rings. The third-order valence-electron chi connectivity index (χ3n) is 5.83. The Labute approximate surface area is 219 Å². The lowest BCUT2D eigenvalue weighted by Gasteiger charge is -2.26. The highest BCUT2D eigenvalue weighted by atomic mass is 35.5. The van der Waals surface area contributed by atoms with Crippen LogP contribution in [0.2, 0.25) is 5.02 Å². The number of carbonyl (C=O) groups excluding carboxylic acids is 2. The molecule has 0 atom stereocenters. The summed E-state index contributed by atoms with van der Waals surface area (Å²) in [6, 6.07) is 12.8. The number of anilines is 2. The van der Waals surface area contributed by atoms with Crippen molar-refractivity contribution in [3.63, 3.8) is 0 Å². The third-order valence-corrected chi connectivity index (χ3v) is 7.24. The number of halogens is 1. The standard InChI is InChI=1S/C26H28ClN3O5S/c1-4-35-26(32)30-12-11-19-22(15-30)36-25(28-14-16-5-8-18(33-2)9-6-16)23(19)24(31)29-20-13-17(27)7-10-21(20)34-3/h5-10,13,28H,4,11-12,14-15H2,1-3H3,(H,29,31). The van der Waals surface area contributed by atoms with E-state index >= 15 is 0 Å². The molecule has 2 heterocycles. The quantitative estimate of drug-likeness (QED) is 0.383. The Kier molecular flexibility index (Phi) is 8.22. The normalized spacial score (nSPS) is 12.5. The first kappa shape index (κ1) is 25.7. The fourth-order valence-electron chi connectivity index (χ4n) is 4.03. The Morgan fingerprint density at radius 1 is 1.11 bits per heavy atom. The first-order valence-corrected chi connectivity index (χ1v) is 12.7. The Bertz CT molecular complexity index is 1250. The van der Waals surface area contributed by atoms with Crippen molar-refractivity contribution in [3.05, 3.63) is 69.1 Å². The van der Waals surface area contributed by atoms with E-state index in [1.165, 1.54) is 18.4 Å². The van der Waals surface area contributed by atoms with Crippen LogP contribution in [0.5, 0.6) is 11.5 Å². The van der Waals surface area contributed by atoms with Gasteiger partial charge in [0.05, 0.1) is 38.6 Å². The van der Waals surface area contributed by atoms with Crippen LogP contribution < -0.4 is 20.1 Å². The summed E-state index contributed by atoms with van der Waals surface area (Å²) in [5.41, 5.74) is 3.02. The minimum atomic E-state index is -0.348. The van der Waals surface area contributed by atoms with Gasteiger partial charge in [-0.25, -0.2) is 4.79 Å². The van der Waals surface area contributed by atoms with Gasteiger partial charge in [-0.1, -0.05) is 23.7 Å². The summed E-state index contributed by atoms with van der Waals surface area (Å²) in [6.07, 6.45) is 0.198. The fraction of sp³-hybridized carbons (Fsp3) is 0.308. The molecule has 1 aliphatic heterocycles. The molecule has 2 N–H and O–H groups in total. The summed E-state index contributed by atoms with van der Waals surface area (Å²) < 4.78 is 15.8. The molecule has 0 spiro atoms. The van der Waals surface area contributed by atoms with Gasteiger partial charge >= 0.3 is 6.09 Å². The predicted octanol–water partition coefficient (Wildman–Crippen LogP) is 5.80. The molecule has 1 aliphatic rings. The van der Waals surface area contributed by atoms with Crippen LogP contribution in [0, 0.1) is 0 Å². The number of fused-ring (bicyclic) bond motifs is 1. The Morgan fingerprint density at radius 2 is 1.89 bits per heavy atom. The van der Waals surface area contributed by atoms with E-state index in [1.807, 2.05) is 24.3 Å². The molecule has 36 heavy (non-hydrogen) atoms. The van der Waals surface area contributed by atoms with Gasteiger partial charge < -0.3 is 29.7 Å². The van der Waals surface area contributed by atoms with Gasteiger partial charge in [-0.15, -0.1) is 11.3 Å². The minimum Gasteiger partial charge on any atom is -0.497 e. The SMILES string of the molecule is CCOC(=O)N1CCc2c(sc(NCc3ccc(OC)cc3)c2C(=O)Nc2cc(Cl)ccc2OC)C1. The number of benzene rings is 2. The Balaban J connectivity index is 1.63. The molecule has 0 saturated carbocycles. The highest BCUT2D eigenvalue weighted by Crippen LogP contribution is 2.39. The Hall–Kier alpha value is -3.43. The number of nitrogens with zero attached hydrogens (tertiary/aromatic N) is 1. The van der Waals surface area contributed by atoms with E-state index in [-0.39, 0.29) is 12.0 Å². The van der Waals surface area contributed by atoms with Crippen molar-refractivity contribution in [2.24, 2.45) is 0 Å². The summed E-state index contributed by atoms with van der Waals surface area (Å²) in [5, 5.41) is 7.61. The van der Waals surface area contributed by atoms with Crippen LogP contribution in [0.3, 0.4) is 0 Å². The van der Waals surface area contributed by atoms with Gasteiger partial charge in [-0.3, -0.25) is 4.79 Å². The number of hydrogen-bond donors (Lipinski definition) is 2. The molecule has 190 valence electrons. The fourth-order valence-corrected chi connectivity index (χ4v) is 5.46. The smallest absolute Gasteiger partial charge is 0.410 e. The zero-order valence-corrected chi connectivity index (χ0v) is 21.9. The maximum atomic E-state index is 13.6. The van der Waals surface area contributed by atoms with Crippen LogP contribution >= 0.6 is 22.9 Å². The lowest BCUT2D eigenvalue weighted by molar-refractivity contribution is 0.102. The molecule has 0 unspecified atom stereocenters. The third kappa shape index (κ3) is 5.68. The first-order chi connectivity index (χ1) is 17.4. The lowest BCUT2D eigenvalue weighted by atomic mass is 10.0. The van der Waals surface area contributed by atoms with Crippen molar-refractivity contribution in [3.8, 4) is 11.5 Å². The number of thiophene rings is 1. The summed E-state index contributed by atoms with van der Waals surface area (Å²) in [7, 11) is 3.17. The largest absolute Gasteiger partial charge is 0.497 e. The molecule has 0 radical (unpaired) electrons. The van der Waals surface area contributed by atoms with Crippen molar-refractivity contribution in [2.75, 3.05) is 38.0 Å². The number of rotatable bonds is 8. The van der Waals surface area contributed by atoms with Crippen LogP contribution in [0.1, 0.15) is 33.3 Å². The summed E-state index contributed by atoms with van der Waals surface area (Å²) in [5.74, 6) is 1.02. The van der Waals surface area contributed by atoms with E-state index in [9.17, 15) is 9.59 Å². The second-order valence-corrected chi connectivity index (χ2v) is 9.62. The molecule has 8 nitrogen and oxygen atoms in total. The van der Waals surface area contributed by atoms with Gasteiger partial charge in [0.25, 0.3) is 5.91 Å². The summed E-state index contributed by atoms with van der Waals surface area (Å²) in [6.45, 7) is 3.49. The molecule has 2 amide bonds. The van der Waals surface area contributed by atoms with Gasteiger partial charge in [0.2, 0.25) is 0 Å². The van der Waals surface area contributed by atoms with Crippen molar-refractivity contribution >= 4 is 45.6 Å². The average Bonchev–Trinajstić information content (AvgIpc) is 3.25. The van der Waals surface area contributed by atoms with Crippen molar-refractivity contribution in [1.82, 2.24) is 4.90 Å². The highest BCUT2D eigenvalue weighted by molar-refractivity contribution is 7.16. The molecule has 1 aromatic heterocycles. The van der Waals surface area contributed by atoms with Crippen molar-refractivity contribution in [1.29, 1.82) is 0 Å². The highest BCUT2D eigenvalue weighted by Gasteiger charge is 2.30. The number of hydrogen-bond acceptors (Lipinski definition) is 7. The van der Waals surface area contributed by atoms with Gasteiger partial charge in [0.1, 0.15) is 16.5 Å². The summed E-state index contributed by atoms with van der Waals surface area (Å²) in [4.78, 5) is 28.5. The van der Waals surface area contributed by atoms with Gasteiger partial charge in [-0.05, 0) is 54.8 Å². The maximum Gasteiger partial charge on any atom is 0.410 e. The molecule has 10 heteroatoms. The second kappa shape index (κ2) is 11.5. The van der Waals surface area contributed by atoms with Gasteiger partial charge in [0.15, 0.2) is 0 Å². The van der Waals surface area contributed by atoms with Gasteiger partial charge in [0, 0.05) is 23.0 Å². The van der Waals surface area contributed by atoms with Gasteiger partial charge in [-0.2, -0.15) is 0 Å². The number of amides is 2. The Morgan fingerprint density at radius 3 is 2.58 bits per heavy atom. The second-order valence-electron chi connectivity index (χ2n) is 8.08. The molecule has 0 saturated heterocycles. The molecular weight excluding hydrogens is 502 g/mol. The van der Waals surface area contributed by atoms with Crippen molar-refractivity contribution in [2.45, 2.75) is 26.4 Å². The van der Waals surface area contributed by atoms with Crippen LogP contribution in [-0.2, 0) is 24.2 Å². The van der Waals surface area contributed by atoms with E-state index in [4.69, 9.17) is 25.8 Å². The predicted molar refractivity (Wildman–Crippen MR) is 142 cm³/mol. The average molecular weight is 530 g/mol. The number of ether oxygens (including phenoxy) is 3. The molecule has 2 aromatic carbocycles. The summed E-state index contributed by atoms with van der Waals surface area (Å²) >= 11 is 7.64. The van der Waals surface area contributed by atoms with Crippen LogP contribution in [0.15, 0.2) is 42.5 Å². The van der Waals surface area contributed by atoms with Crippen LogP contribution in [0.4, 0.5) is 15.5 Å². The van der Waals surface area contributed by atoms with E-state index < -0.39 is 0 Å². The van der Waals surface area contributed by atoms with Crippen LogP contribution in [0.25, 0.3) is 0 Å². The maximum absolute atomic E-state index is 13.6. The molecular formula is C26H28ClN3O5S. The van der Waals surface area contributed by atoms with E-state index in [1.54, 1.807) is 37.1 Å². The topological polar surface area (TPSA) is 89.1 Å². The van der Waals surface area contributed by atoms with E-state index in [2.05, 4.69) is 10.6 Å². The molecule has 0 aliphatic carbocycles. The van der Waals surface area contributed by atoms with Crippen LogP contribution in [-0.4, -0.2) is 44.3 Å². The molecule has 3 aromatic rings. The molecule has 4 rings (SSSR count). The zero-order chi connectivity index (χ0) is 25.7.